The lowest BCUT2D eigenvalue weighted by atomic mass is 10.0. The number of ketones is 1. The van der Waals surface area contributed by atoms with Crippen LogP contribution >= 0.6 is 34.2 Å². The van der Waals surface area contributed by atoms with Gasteiger partial charge >= 0.3 is 5.97 Å². The van der Waals surface area contributed by atoms with Crippen LogP contribution in [0.5, 0.6) is 0 Å². The molecule has 24 heavy (non-hydrogen) atoms. The van der Waals surface area contributed by atoms with Crippen LogP contribution in [-0.4, -0.2) is 18.4 Å². The van der Waals surface area contributed by atoms with Crippen LogP contribution in [0.3, 0.4) is 0 Å². The third-order valence-electron chi connectivity index (χ3n) is 3.09. The monoisotopic (exact) mass is 455 g/mol. The molecule has 2 rings (SSSR count). The fourth-order valence-corrected chi connectivity index (χ4v) is 2.50. The topological polar surface area (TPSA) is 55.4 Å². The number of hydrogen-bond acceptors (Lipinski definition) is 4. The Hall–Kier alpha value is -1.86. The first-order valence-corrected chi connectivity index (χ1v) is 8.67. The normalized spacial score (nSPS) is 11.0. The molecule has 2 aromatic carbocycles. The van der Waals surface area contributed by atoms with E-state index in [2.05, 4.69) is 27.9 Å². The molecule has 2 aromatic rings. The second-order valence-corrected chi connectivity index (χ2v) is 6.39. The molecular weight excluding hydrogens is 441 g/mol. The molecule has 0 aliphatic rings. The van der Waals surface area contributed by atoms with E-state index in [0.29, 0.717) is 0 Å². The van der Waals surface area contributed by atoms with Gasteiger partial charge in [-0.05, 0) is 65.9 Å². The van der Waals surface area contributed by atoms with Gasteiger partial charge in [-0.3, -0.25) is 4.79 Å². The summed E-state index contributed by atoms with van der Waals surface area (Å²) >= 11 is 8.25. The van der Waals surface area contributed by atoms with Crippen LogP contribution in [0.15, 0.2) is 60.3 Å². The minimum atomic E-state index is -0.694. The third-order valence-corrected chi connectivity index (χ3v) is 4.13. The number of carbonyl (C=O) groups excluding carboxylic acids is 2. The molecule has 0 spiro atoms. The van der Waals surface area contributed by atoms with E-state index in [4.69, 9.17) is 16.3 Å². The molecule has 0 bridgehead atoms. The molecule has 1 N–H and O–H groups in total. The highest BCUT2D eigenvalue weighted by molar-refractivity contribution is 14.1. The molecule has 6 heteroatoms. The summed E-state index contributed by atoms with van der Waals surface area (Å²) in [5.41, 5.74) is 0.899. The van der Waals surface area contributed by atoms with Gasteiger partial charge in [0.05, 0.1) is 11.6 Å². The van der Waals surface area contributed by atoms with Crippen molar-refractivity contribution in [3.63, 3.8) is 0 Å². The summed E-state index contributed by atoms with van der Waals surface area (Å²) in [6, 6.07) is 14.1. The van der Waals surface area contributed by atoms with E-state index >= 15 is 0 Å². The number of halogens is 2. The number of carbonyl (C=O) groups is 2. The number of hydrogen-bond donors (Lipinski definition) is 1. The van der Waals surface area contributed by atoms with Gasteiger partial charge in [-0.25, -0.2) is 4.79 Å². The summed E-state index contributed by atoms with van der Waals surface area (Å²) in [6.07, 6.45) is 1.35. The number of rotatable bonds is 6. The molecule has 124 valence electrons. The number of anilines is 1. The Morgan fingerprint density at radius 2 is 1.83 bits per heavy atom. The molecule has 0 radical (unpaired) electrons. The predicted molar refractivity (Wildman–Crippen MR) is 103 cm³/mol. The van der Waals surface area contributed by atoms with Crippen LogP contribution in [0.2, 0.25) is 5.02 Å². The quantitative estimate of drug-likeness (QED) is 0.172. The Morgan fingerprint density at radius 3 is 2.46 bits per heavy atom. The van der Waals surface area contributed by atoms with E-state index in [-0.39, 0.29) is 22.8 Å². The molecule has 0 atom stereocenters. The van der Waals surface area contributed by atoms with E-state index in [1.54, 1.807) is 31.2 Å². The maximum Gasteiger partial charge on any atom is 0.343 e. The Balaban J connectivity index is 2.32. The van der Waals surface area contributed by atoms with Crippen molar-refractivity contribution >= 4 is 51.6 Å². The molecule has 0 unspecified atom stereocenters. The summed E-state index contributed by atoms with van der Waals surface area (Å²) in [5.74, 6) is -1.18. The van der Waals surface area contributed by atoms with Crippen LogP contribution in [0.25, 0.3) is 0 Å². The Bertz CT molecular complexity index is 772. The summed E-state index contributed by atoms with van der Waals surface area (Å²) in [4.78, 5) is 24.8. The highest BCUT2D eigenvalue weighted by atomic mass is 127. The van der Waals surface area contributed by atoms with Crippen molar-refractivity contribution in [3.8, 4) is 0 Å². The van der Waals surface area contributed by atoms with Gasteiger partial charge in [0.25, 0.3) is 0 Å². The number of nitrogens with one attached hydrogen (secondary N) is 1. The van der Waals surface area contributed by atoms with E-state index in [1.807, 2.05) is 24.3 Å². The molecule has 0 aromatic heterocycles. The van der Waals surface area contributed by atoms with Crippen LogP contribution in [-0.2, 0) is 9.53 Å². The summed E-state index contributed by atoms with van der Waals surface area (Å²) < 4.78 is 6.06. The van der Waals surface area contributed by atoms with Crippen LogP contribution in [0, 0.1) is 3.57 Å². The van der Waals surface area contributed by atoms with Gasteiger partial charge in [-0.15, -0.1) is 0 Å². The van der Waals surface area contributed by atoms with Crippen molar-refractivity contribution in [1.82, 2.24) is 0 Å². The molecule has 0 aliphatic carbocycles. The van der Waals surface area contributed by atoms with Gasteiger partial charge in [0.2, 0.25) is 5.78 Å². The first-order valence-electron chi connectivity index (χ1n) is 7.21. The number of esters is 1. The lowest BCUT2D eigenvalue weighted by molar-refractivity contribution is -0.138. The lowest BCUT2D eigenvalue weighted by Crippen LogP contribution is -2.18. The third kappa shape index (κ3) is 4.82. The second kappa shape index (κ2) is 8.84. The number of benzene rings is 2. The molecule has 4 nitrogen and oxygen atoms in total. The molecule has 0 heterocycles. The summed E-state index contributed by atoms with van der Waals surface area (Å²) in [5, 5.41) is 3.24. The molecule has 0 saturated carbocycles. The lowest BCUT2D eigenvalue weighted by Gasteiger charge is -2.09. The van der Waals surface area contributed by atoms with Crippen molar-refractivity contribution in [2.75, 3.05) is 11.9 Å². The van der Waals surface area contributed by atoms with Gasteiger partial charge in [0.1, 0.15) is 5.57 Å². The SMILES string of the molecule is CCOC(=O)C(=CNc1ccc(I)cc1)C(=O)c1ccccc1Cl. The number of Topliss-reactive ketones (excluding diaryl/α,β-unsaturated/α-hetero) is 1. The first kappa shape index (κ1) is 18.5. The first-order chi connectivity index (χ1) is 11.5. The zero-order valence-corrected chi connectivity index (χ0v) is 15.8. The van der Waals surface area contributed by atoms with Crippen molar-refractivity contribution in [1.29, 1.82) is 0 Å². The van der Waals surface area contributed by atoms with Gasteiger partial charge in [-0.2, -0.15) is 0 Å². The van der Waals surface area contributed by atoms with Crippen LogP contribution in [0.4, 0.5) is 5.69 Å². The Kier molecular flexibility index (Phi) is 6.81. The van der Waals surface area contributed by atoms with Gasteiger partial charge in [0.15, 0.2) is 0 Å². The molecule has 0 aliphatic heterocycles. The summed E-state index contributed by atoms with van der Waals surface area (Å²) in [6.45, 7) is 1.86. The minimum Gasteiger partial charge on any atom is -0.462 e. The fourth-order valence-electron chi connectivity index (χ4n) is 1.92. The van der Waals surface area contributed by atoms with Crippen molar-refractivity contribution in [2.45, 2.75) is 6.92 Å². The van der Waals surface area contributed by atoms with Gasteiger partial charge in [-0.1, -0.05) is 23.7 Å². The van der Waals surface area contributed by atoms with E-state index < -0.39 is 11.8 Å². The standard InChI is InChI=1S/C18H15ClINO3/c1-2-24-18(23)15(11-21-13-9-7-12(20)8-10-13)17(22)14-5-3-4-6-16(14)19/h3-11,21H,2H2,1H3. The highest BCUT2D eigenvalue weighted by Gasteiger charge is 2.22. The smallest absolute Gasteiger partial charge is 0.343 e. The van der Waals surface area contributed by atoms with Crippen LogP contribution in [0.1, 0.15) is 17.3 Å². The Labute approximate surface area is 159 Å². The van der Waals surface area contributed by atoms with Crippen molar-refractivity contribution < 1.29 is 14.3 Å². The largest absolute Gasteiger partial charge is 0.462 e. The minimum absolute atomic E-state index is 0.108. The van der Waals surface area contributed by atoms with Crippen molar-refractivity contribution in [3.05, 3.63) is 74.5 Å². The van der Waals surface area contributed by atoms with E-state index in [1.165, 1.54) is 6.20 Å². The predicted octanol–water partition coefficient (Wildman–Crippen LogP) is 4.69. The van der Waals surface area contributed by atoms with E-state index in [9.17, 15) is 9.59 Å². The highest BCUT2D eigenvalue weighted by Crippen LogP contribution is 2.20. The Morgan fingerprint density at radius 1 is 1.17 bits per heavy atom. The zero-order valence-electron chi connectivity index (χ0n) is 12.9. The van der Waals surface area contributed by atoms with Crippen LogP contribution < -0.4 is 5.32 Å². The average Bonchev–Trinajstić information content (AvgIpc) is 2.57. The maximum absolute atomic E-state index is 12.7. The molecule has 0 saturated heterocycles. The van der Waals surface area contributed by atoms with Gasteiger partial charge < -0.3 is 10.1 Å². The zero-order chi connectivity index (χ0) is 17.5. The number of ether oxygens (including phenoxy) is 1. The van der Waals surface area contributed by atoms with E-state index in [0.717, 1.165) is 9.26 Å². The average molecular weight is 456 g/mol. The molecule has 0 fully saturated rings. The second-order valence-electron chi connectivity index (χ2n) is 4.74. The van der Waals surface area contributed by atoms with Crippen molar-refractivity contribution in [2.24, 2.45) is 0 Å². The maximum atomic E-state index is 12.7. The fraction of sp³-hybridized carbons (Fsp3) is 0.111. The van der Waals surface area contributed by atoms with Gasteiger partial charge in [0, 0.05) is 21.0 Å². The summed E-state index contributed by atoms with van der Waals surface area (Å²) in [7, 11) is 0. The molecular formula is C18H15ClINO3. The molecule has 0 amide bonds.